The molecule has 0 heterocycles. The highest BCUT2D eigenvalue weighted by molar-refractivity contribution is 5.46. The quantitative estimate of drug-likeness (QED) is 0.405. The van der Waals surface area contributed by atoms with E-state index >= 15 is 0 Å². The van der Waals surface area contributed by atoms with Gasteiger partial charge >= 0.3 is 5.69 Å². The summed E-state index contributed by atoms with van der Waals surface area (Å²) in [6, 6.07) is 4.16. The van der Waals surface area contributed by atoms with Gasteiger partial charge in [-0.3, -0.25) is 10.1 Å². The molecule has 0 saturated carbocycles. The Balaban J connectivity index is 2.15. The zero-order valence-corrected chi connectivity index (χ0v) is 10.4. The molecule has 4 nitrogen and oxygen atoms in total. The van der Waals surface area contributed by atoms with Gasteiger partial charge in [-0.1, -0.05) is 6.07 Å². The second kappa shape index (κ2) is 5.78. The summed E-state index contributed by atoms with van der Waals surface area (Å²) in [5.41, 5.74) is -0.701. The smallest absolute Gasteiger partial charge is 0.304 e. The summed E-state index contributed by atoms with van der Waals surface area (Å²) in [5.74, 6) is -4.59. The molecule has 0 aliphatic heterocycles. The van der Waals surface area contributed by atoms with Crippen LogP contribution in [0.4, 0.5) is 28.9 Å². The van der Waals surface area contributed by atoms with Crippen molar-refractivity contribution in [1.29, 1.82) is 0 Å². The van der Waals surface area contributed by atoms with E-state index in [2.05, 4.69) is 5.32 Å². The average Bonchev–Trinajstić information content (AvgIpc) is 2.41. The predicted molar refractivity (Wildman–Crippen MR) is 66.7 cm³/mol. The summed E-state index contributed by atoms with van der Waals surface area (Å²) < 4.78 is 52.4. The number of hydrogen-bond acceptors (Lipinski definition) is 3. The van der Waals surface area contributed by atoms with Gasteiger partial charge in [0.15, 0.2) is 11.6 Å². The summed E-state index contributed by atoms with van der Waals surface area (Å²) in [4.78, 5) is 9.58. The van der Waals surface area contributed by atoms with Gasteiger partial charge in [0, 0.05) is 24.7 Å². The number of halogens is 4. The molecule has 0 amide bonds. The van der Waals surface area contributed by atoms with Gasteiger partial charge in [-0.25, -0.2) is 13.2 Å². The van der Waals surface area contributed by atoms with E-state index in [0.717, 1.165) is 12.1 Å². The van der Waals surface area contributed by atoms with Crippen LogP contribution in [-0.4, -0.2) is 4.92 Å². The first-order chi connectivity index (χ1) is 9.88. The normalized spacial score (nSPS) is 10.5. The molecule has 2 rings (SSSR count). The third kappa shape index (κ3) is 3.28. The Hall–Kier alpha value is -2.64. The molecule has 2 aromatic carbocycles. The standard InChI is InChI=1S/C13H8F4N2O2/c14-8-4-10(16)12(5-9(8)15)18-6-7-1-2-13(19(20)21)11(17)3-7/h1-5,18H,6H2. The number of nitrogens with zero attached hydrogens (tertiary/aromatic N) is 1. The zero-order valence-electron chi connectivity index (χ0n) is 10.4. The van der Waals surface area contributed by atoms with E-state index in [1.165, 1.54) is 6.07 Å². The number of hydrogen-bond donors (Lipinski definition) is 1. The van der Waals surface area contributed by atoms with Crippen molar-refractivity contribution < 1.29 is 22.5 Å². The van der Waals surface area contributed by atoms with Gasteiger partial charge in [0.1, 0.15) is 5.82 Å². The molecule has 2 aromatic rings. The van der Waals surface area contributed by atoms with Crippen LogP contribution in [0.1, 0.15) is 5.56 Å². The molecule has 110 valence electrons. The minimum atomic E-state index is -1.32. The molecule has 0 atom stereocenters. The largest absolute Gasteiger partial charge is 0.379 e. The lowest BCUT2D eigenvalue weighted by Crippen LogP contribution is -2.04. The summed E-state index contributed by atoms with van der Waals surface area (Å²) in [6.07, 6.45) is 0. The minimum Gasteiger partial charge on any atom is -0.379 e. The van der Waals surface area contributed by atoms with E-state index in [9.17, 15) is 27.7 Å². The van der Waals surface area contributed by atoms with Crippen LogP contribution in [0.15, 0.2) is 30.3 Å². The lowest BCUT2D eigenvalue weighted by Gasteiger charge is -2.08. The first-order valence-electron chi connectivity index (χ1n) is 5.69. The van der Waals surface area contributed by atoms with Crippen molar-refractivity contribution in [2.24, 2.45) is 0 Å². The Morgan fingerprint density at radius 2 is 1.62 bits per heavy atom. The van der Waals surface area contributed by atoms with Crippen molar-refractivity contribution in [2.75, 3.05) is 5.32 Å². The molecular weight excluding hydrogens is 292 g/mol. The number of rotatable bonds is 4. The highest BCUT2D eigenvalue weighted by Gasteiger charge is 2.14. The van der Waals surface area contributed by atoms with E-state index in [0.29, 0.717) is 12.1 Å². The zero-order chi connectivity index (χ0) is 15.6. The summed E-state index contributed by atoms with van der Waals surface area (Å²) in [5, 5.41) is 12.9. The molecule has 0 spiro atoms. The molecule has 0 aromatic heterocycles. The maximum atomic E-state index is 13.4. The van der Waals surface area contributed by atoms with Crippen molar-refractivity contribution in [3.8, 4) is 0 Å². The van der Waals surface area contributed by atoms with Crippen molar-refractivity contribution >= 4 is 11.4 Å². The Kier molecular flexibility index (Phi) is 4.06. The van der Waals surface area contributed by atoms with E-state index in [-0.39, 0.29) is 17.8 Å². The number of anilines is 1. The molecule has 0 radical (unpaired) electrons. The lowest BCUT2D eigenvalue weighted by atomic mass is 10.2. The van der Waals surface area contributed by atoms with Gasteiger partial charge in [-0.2, -0.15) is 4.39 Å². The van der Waals surface area contributed by atoms with Gasteiger partial charge in [-0.05, 0) is 11.6 Å². The SMILES string of the molecule is O=[N+]([O-])c1ccc(CNc2cc(F)c(F)cc2F)cc1F. The van der Waals surface area contributed by atoms with E-state index in [4.69, 9.17) is 0 Å². The maximum Gasteiger partial charge on any atom is 0.304 e. The molecule has 0 unspecified atom stereocenters. The summed E-state index contributed by atoms with van der Waals surface area (Å²) in [6.45, 7) is -0.114. The second-order valence-electron chi connectivity index (χ2n) is 4.14. The van der Waals surface area contributed by atoms with Crippen molar-refractivity contribution in [2.45, 2.75) is 6.54 Å². The molecule has 0 aliphatic carbocycles. The van der Waals surface area contributed by atoms with Crippen LogP contribution < -0.4 is 5.32 Å². The Morgan fingerprint density at radius 3 is 2.24 bits per heavy atom. The Bertz CT molecular complexity index is 707. The highest BCUT2D eigenvalue weighted by Crippen LogP contribution is 2.21. The Labute approximate surface area is 116 Å². The first kappa shape index (κ1) is 14.8. The molecule has 0 aliphatic rings. The lowest BCUT2D eigenvalue weighted by molar-refractivity contribution is -0.387. The molecule has 8 heteroatoms. The summed E-state index contributed by atoms with van der Waals surface area (Å²) >= 11 is 0. The van der Waals surface area contributed by atoms with Crippen LogP contribution in [0.3, 0.4) is 0 Å². The molecular formula is C13H8F4N2O2. The van der Waals surface area contributed by atoms with Gasteiger partial charge in [-0.15, -0.1) is 0 Å². The number of benzene rings is 2. The van der Waals surface area contributed by atoms with Crippen LogP contribution >= 0.6 is 0 Å². The summed E-state index contributed by atoms with van der Waals surface area (Å²) in [7, 11) is 0. The van der Waals surface area contributed by atoms with Gasteiger partial charge in [0.05, 0.1) is 10.6 Å². The highest BCUT2D eigenvalue weighted by atomic mass is 19.2. The molecule has 0 fully saturated rings. The molecule has 21 heavy (non-hydrogen) atoms. The fraction of sp³-hybridized carbons (Fsp3) is 0.0769. The first-order valence-corrected chi connectivity index (χ1v) is 5.69. The second-order valence-corrected chi connectivity index (χ2v) is 4.14. The van der Waals surface area contributed by atoms with Crippen LogP contribution in [-0.2, 0) is 6.54 Å². The molecule has 0 saturated heterocycles. The Morgan fingerprint density at radius 1 is 0.952 bits per heavy atom. The average molecular weight is 300 g/mol. The van der Waals surface area contributed by atoms with Crippen molar-refractivity contribution in [3.05, 3.63) is 69.3 Å². The van der Waals surface area contributed by atoms with Crippen molar-refractivity contribution in [3.63, 3.8) is 0 Å². The third-order valence-electron chi connectivity index (χ3n) is 2.70. The third-order valence-corrected chi connectivity index (χ3v) is 2.70. The van der Waals surface area contributed by atoms with Crippen LogP contribution in [0.5, 0.6) is 0 Å². The van der Waals surface area contributed by atoms with E-state index in [1.807, 2.05) is 0 Å². The minimum absolute atomic E-state index is 0.114. The van der Waals surface area contributed by atoms with Crippen molar-refractivity contribution in [1.82, 2.24) is 0 Å². The predicted octanol–water partition coefficient (Wildman–Crippen LogP) is 3.76. The molecule has 1 N–H and O–H groups in total. The van der Waals surface area contributed by atoms with Gasteiger partial charge in [0.2, 0.25) is 5.82 Å². The van der Waals surface area contributed by atoms with Gasteiger partial charge < -0.3 is 5.32 Å². The number of nitro benzene ring substituents is 1. The van der Waals surface area contributed by atoms with Crippen LogP contribution in [0.2, 0.25) is 0 Å². The van der Waals surface area contributed by atoms with Gasteiger partial charge in [0.25, 0.3) is 0 Å². The topological polar surface area (TPSA) is 55.2 Å². The maximum absolute atomic E-state index is 13.4. The fourth-order valence-electron chi connectivity index (χ4n) is 1.66. The van der Waals surface area contributed by atoms with E-state index < -0.39 is 33.9 Å². The van der Waals surface area contributed by atoms with Crippen LogP contribution in [0.25, 0.3) is 0 Å². The van der Waals surface area contributed by atoms with E-state index in [1.54, 1.807) is 0 Å². The fourth-order valence-corrected chi connectivity index (χ4v) is 1.66. The monoisotopic (exact) mass is 300 g/mol. The molecule has 0 bridgehead atoms. The van der Waals surface area contributed by atoms with Crippen LogP contribution in [0, 0.1) is 33.4 Å². The number of nitrogens with one attached hydrogen (secondary N) is 1. The number of nitro groups is 1.